The molecule has 110 valence electrons. The number of rotatable bonds is 3. The molecule has 1 aliphatic rings. The molecule has 1 aliphatic heterocycles. The Kier molecular flexibility index (Phi) is 3.72. The van der Waals surface area contributed by atoms with E-state index in [9.17, 15) is 0 Å². The summed E-state index contributed by atoms with van der Waals surface area (Å²) in [6, 6.07) is 8.02. The number of benzene rings is 1. The zero-order chi connectivity index (χ0) is 15.0. The van der Waals surface area contributed by atoms with Gasteiger partial charge in [0, 0.05) is 22.7 Å². The number of halogens is 1. The Bertz CT molecular complexity index is 685. The van der Waals surface area contributed by atoms with Crippen molar-refractivity contribution in [3.05, 3.63) is 51.8 Å². The summed E-state index contributed by atoms with van der Waals surface area (Å²) in [7, 11) is 0. The predicted octanol–water partition coefficient (Wildman–Crippen LogP) is 3.65. The highest BCUT2D eigenvalue weighted by Crippen LogP contribution is 2.22. The Morgan fingerprint density at radius 1 is 1.24 bits per heavy atom. The van der Waals surface area contributed by atoms with Gasteiger partial charge in [-0.05, 0) is 50.6 Å². The molecule has 0 spiro atoms. The van der Waals surface area contributed by atoms with Crippen LogP contribution in [0.5, 0.6) is 0 Å². The fourth-order valence-corrected chi connectivity index (χ4v) is 2.94. The van der Waals surface area contributed by atoms with Crippen LogP contribution in [0.4, 0.5) is 0 Å². The summed E-state index contributed by atoms with van der Waals surface area (Å²) in [5, 5.41) is 9.41. The molecule has 0 aliphatic carbocycles. The summed E-state index contributed by atoms with van der Waals surface area (Å²) in [5.41, 5.74) is 5.28. The Morgan fingerprint density at radius 3 is 2.71 bits per heavy atom. The summed E-state index contributed by atoms with van der Waals surface area (Å²) in [6.07, 6.45) is 0.801. The first-order chi connectivity index (χ1) is 10.0. The van der Waals surface area contributed by atoms with E-state index in [1.54, 1.807) is 0 Å². The molecule has 4 nitrogen and oxygen atoms in total. The smallest absolute Gasteiger partial charge is 0.152 e. The van der Waals surface area contributed by atoms with E-state index in [0.29, 0.717) is 6.54 Å². The third kappa shape index (κ3) is 3.10. The fourth-order valence-electron chi connectivity index (χ4n) is 2.65. The molecule has 21 heavy (non-hydrogen) atoms. The van der Waals surface area contributed by atoms with Gasteiger partial charge in [-0.3, -0.25) is 4.68 Å². The third-order valence-corrected chi connectivity index (χ3v) is 3.81. The first kappa shape index (κ1) is 14.1. The lowest BCUT2D eigenvalue weighted by Gasteiger charge is -2.09. The van der Waals surface area contributed by atoms with Crippen LogP contribution in [0, 0.1) is 20.8 Å². The van der Waals surface area contributed by atoms with E-state index in [4.69, 9.17) is 16.4 Å². The van der Waals surface area contributed by atoms with Gasteiger partial charge in [0.25, 0.3) is 0 Å². The van der Waals surface area contributed by atoms with Crippen LogP contribution in [0.1, 0.15) is 28.9 Å². The number of aromatic nitrogens is 2. The van der Waals surface area contributed by atoms with Gasteiger partial charge in [-0.2, -0.15) is 5.10 Å². The van der Waals surface area contributed by atoms with Crippen LogP contribution in [0.3, 0.4) is 0 Å². The maximum Gasteiger partial charge on any atom is 0.152 e. The lowest BCUT2D eigenvalue weighted by molar-refractivity contribution is 0.0692. The zero-order valence-electron chi connectivity index (χ0n) is 12.4. The van der Waals surface area contributed by atoms with Crippen molar-refractivity contribution < 1.29 is 4.84 Å². The SMILES string of the molecule is Cc1cc(Cl)cc(C2=NO[C@@H](Cn3nc(C)cc3C)C2)c1. The average Bonchev–Trinajstić information content (AvgIpc) is 2.96. The summed E-state index contributed by atoms with van der Waals surface area (Å²) in [6.45, 7) is 6.79. The number of aryl methyl sites for hydroxylation is 3. The van der Waals surface area contributed by atoms with Crippen molar-refractivity contribution in [2.24, 2.45) is 5.16 Å². The quantitative estimate of drug-likeness (QED) is 0.868. The lowest BCUT2D eigenvalue weighted by atomic mass is 10.0. The van der Waals surface area contributed by atoms with E-state index in [-0.39, 0.29) is 6.10 Å². The van der Waals surface area contributed by atoms with Crippen molar-refractivity contribution in [2.45, 2.75) is 39.8 Å². The average molecular weight is 304 g/mol. The van der Waals surface area contributed by atoms with E-state index in [1.165, 1.54) is 0 Å². The number of oxime groups is 1. The van der Waals surface area contributed by atoms with Gasteiger partial charge in [-0.15, -0.1) is 0 Å². The molecule has 1 aromatic heterocycles. The highest BCUT2D eigenvalue weighted by Gasteiger charge is 2.23. The van der Waals surface area contributed by atoms with E-state index in [2.05, 4.69) is 29.3 Å². The molecule has 3 rings (SSSR count). The molecule has 0 fully saturated rings. The highest BCUT2D eigenvalue weighted by molar-refractivity contribution is 6.31. The van der Waals surface area contributed by atoms with Gasteiger partial charge in [0.05, 0.1) is 18.0 Å². The van der Waals surface area contributed by atoms with Gasteiger partial charge in [0.2, 0.25) is 0 Å². The van der Waals surface area contributed by atoms with Gasteiger partial charge >= 0.3 is 0 Å². The van der Waals surface area contributed by atoms with Crippen molar-refractivity contribution in [3.8, 4) is 0 Å². The molecular formula is C16H18ClN3O. The Hall–Kier alpha value is -1.81. The van der Waals surface area contributed by atoms with Crippen LogP contribution in [0.2, 0.25) is 5.02 Å². The minimum atomic E-state index is 0.0253. The van der Waals surface area contributed by atoms with Crippen molar-refractivity contribution >= 4 is 17.3 Å². The number of nitrogens with zero attached hydrogens (tertiary/aromatic N) is 3. The molecule has 1 atom stereocenters. The molecule has 0 N–H and O–H groups in total. The van der Waals surface area contributed by atoms with Gasteiger partial charge in [-0.25, -0.2) is 0 Å². The second-order valence-electron chi connectivity index (χ2n) is 5.60. The molecule has 1 aromatic carbocycles. The second-order valence-corrected chi connectivity index (χ2v) is 6.03. The summed E-state index contributed by atoms with van der Waals surface area (Å²) in [4.78, 5) is 5.55. The Labute approximate surface area is 129 Å². The summed E-state index contributed by atoms with van der Waals surface area (Å²) < 4.78 is 1.97. The van der Waals surface area contributed by atoms with E-state index >= 15 is 0 Å². The lowest BCUT2D eigenvalue weighted by Crippen LogP contribution is -2.18. The summed E-state index contributed by atoms with van der Waals surface area (Å²) in [5.74, 6) is 0. The van der Waals surface area contributed by atoms with Gasteiger partial charge in [0.15, 0.2) is 6.10 Å². The van der Waals surface area contributed by atoms with Crippen molar-refractivity contribution in [1.82, 2.24) is 9.78 Å². The molecule has 5 heteroatoms. The number of hydrogen-bond donors (Lipinski definition) is 0. The Balaban J connectivity index is 1.71. The Morgan fingerprint density at radius 2 is 2.05 bits per heavy atom. The zero-order valence-corrected chi connectivity index (χ0v) is 13.2. The molecular weight excluding hydrogens is 286 g/mol. The first-order valence-corrected chi connectivity index (χ1v) is 7.40. The van der Waals surface area contributed by atoms with Crippen LogP contribution in [-0.2, 0) is 11.4 Å². The molecule has 2 heterocycles. The third-order valence-electron chi connectivity index (χ3n) is 3.59. The predicted molar refractivity (Wildman–Crippen MR) is 83.9 cm³/mol. The van der Waals surface area contributed by atoms with Crippen molar-refractivity contribution in [1.29, 1.82) is 0 Å². The van der Waals surface area contributed by atoms with Crippen LogP contribution in [-0.4, -0.2) is 21.6 Å². The molecule has 2 aromatic rings. The van der Waals surface area contributed by atoms with Crippen LogP contribution < -0.4 is 0 Å². The van der Waals surface area contributed by atoms with E-state index < -0.39 is 0 Å². The normalized spacial score (nSPS) is 17.7. The molecule has 0 amide bonds. The van der Waals surface area contributed by atoms with Gasteiger partial charge in [0.1, 0.15) is 0 Å². The maximum atomic E-state index is 6.11. The summed E-state index contributed by atoms with van der Waals surface area (Å²) >= 11 is 6.11. The van der Waals surface area contributed by atoms with Crippen LogP contribution >= 0.6 is 11.6 Å². The molecule has 0 radical (unpaired) electrons. The molecule has 0 saturated carbocycles. The van der Waals surface area contributed by atoms with E-state index in [0.717, 1.165) is 39.7 Å². The van der Waals surface area contributed by atoms with Gasteiger partial charge in [-0.1, -0.05) is 16.8 Å². The number of hydrogen-bond acceptors (Lipinski definition) is 3. The molecule has 0 saturated heterocycles. The monoisotopic (exact) mass is 303 g/mol. The first-order valence-electron chi connectivity index (χ1n) is 7.02. The fraction of sp³-hybridized carbons (Fsp3) is 0.375. The van der Waals surface area contributed by atoms with Gasteiger partial charge < -0.3 is 4.84 Å². The largest absolute Gasteiger partial charge is 0.390 e. The maximum absolute atomic E-state index is 6.11. The minimum absolute atomic E-state index is 0.0253. The highest BCUT2D eigenvalue weighted by atomic mass is 35.5. The minimum Gasteiger partial charge on any atom is -0.390 e. The topological polar surface area (TPSA) is 39.4 Å². The van der Waals surface area contributed by atoms with Crippen molar-refractivity contribution in [3.63, 3.8) is 0 Å². The second kappa shape index (κ2) is 5.53. The van der Waals surface area contributed by atoms with Crippen molar-refractivity contribution in [2.75, 3.05) is 0 Å². The van der Waals surface area contributed by atoms with Crippen LogP contribution in [0.25, 0.3) is 0 Å². The van der Waals surface area contributed by atoms with E-state index in [1.807, 2.05) is 30.7 Å². The molecule has 0 unspecified atom stereocenters. The van der Waals surface area contributed by atoms with Crippen LogP contribution in [0.15, 0.2) is 29.4 Å². The molecule has 0 bridgehead atoms. The standard InChI is InChI=1S/C16H18ClN3O/c1-10-4-13(7-14(17)5-10)16-8-15(21-19-16)9-20-12(3)6-11(2)18-20/h4-7,15H,8-9H2,1-3H3/t15-/m1/s1.